The maximum atomic E-state index is 13.5. The fourth-order valence-corrected chi connectivity index (χ4v) is 3.52. The number of nitrogens with two attached hydrogens (primary N) is 1. The maximum Gasteiger partial charge on any atom is 0.237 e. The van der Waals surface area contributed by atoms with E-state index in [4.69, 9.17) is 5.73 Å². The van der Waals surface area contributed by atoms with E-state index < -0.39 is 12.1 Å². The van der Waals surface area contributed by atoms with Crippen molar-refractivity contribution in [1.29, 1.82) is 0 Å². The van der Waals surface area contributed by atoms with Gasteiger partial charge in [-0.3, -0.25) is 9.78 Å². The van der Waals surface area contributed by atoms with Crippen LogP contribution < -0.4 is 11.1 Å². The van der Waals surface area contributed by atoms with E-state index in [1.165, 1.54) is 12.1 Å². The molecule has 2 heterocycles. The summed E-state index contributed by atoms with van der Waals surface area (Å²) >= 11 is 0. The van der Waals surface area contributed by atoms with Gasteiger partial charge in [-0.2, -0.15) is 0 Å². The summed E-state index contributed by atoms with van der Waals surface area (Å²) in [7, 11) is 0. The molecule has 0 aliphatic carbocycles. The first-order valence-electron chi connectivity index (χ1n) is 9.64. The third-order valence-electron chi connectivity index (χ3n) is 4.92. The molecule has 5 nitrogen and oxygen atoms in total. The van der Waals surface area contributed by atoms with E-state index in [1.807, 2.05) is 32.3 Å². The normalized spacial score (nSPS) is 13.6. The molecule has 6 heteroatoms. The van der Waals surface area contributed by atoms with E-state index in [-0.39, 0.29) is 11.7 Å². The van der Waals surface area contributed by atoms with Crippen molar-refractivity contribution in [1.82, 2.24) is 14.9 Å². The molecule has 0 bridgehead atoms. The van der Waals surface area contributed by atoms with Crippen molar-refractivity contribution >= 4 is 16.8 Å². The largest absolute Gasteiger partial charge is 0.346 e. The molecule has 2 atom stereocenters. The minimum atomic E-state index is -0.593. The number of hydrogen-bond acceptors (Lipinski definition) is 3. The van der Waals surface area contributed by atoms with Crippen LogP contribution in [-0.2, 0) is 11.3 Å². The molecule has 0 saturated carbocycles. The quantitative estimate of drug-likeness (QED) is 0.653. The highest BCUT2D eigenvalue weighted by molar-refractivity contribution is 5.87. The Kier molecular flexibility index (Phi) is 6.09. The van der Waals surface area contributed by atoms with Crippen LogP contribution in [0, 0.1) is 11.7 Å². The number of amides is 1. The zero-order chi connectivity index (χ0) is 20.3. The van der Waals surface area contributed by atoms with Gasteiger partial charge in [0.15, 0.2) is 0 Å². The summed E-state index contributed by atoms with van der Waals surface area (Å²) in [5.74, 6) is -0.210. The second kappa shape index (κ2) is 8.52. The Balaban J connectivity index is 2.04. The number of nitrogens with zero attached hydrogens (tertiary/aromatic N) is 2. The zero-order valence-electron chi connectivity index (χ0n) is 16.5. The lowest BCUT2D eigenvalue weighted by Crippen LogP contribution is -2.43. The summed E-state index contributed by atoms with van der Waals surface area (Å²) in [5, 5.41) is 4.09. The third kappa shape index (κ3) is 4.22. The second-order valence-corrected chi connectivity index (χ2v) is 7.49. The standard InChI is InChI=1S/C22H27FN4O/c1-4-27-13-18(17-9-10-25-12-20(17)27)21(15-5-7-16(23)8-6-15)26-22(28)19(24)11-14(2)3/h5-10,12-14,19,21H,4,11,24H2,1-3H3,(H,26,28)/t19-,21-/m0/s1. The lowest BCUT2D eigenvalue weighted by atomic mass is 9.97. The highest BCUT2D eigenvalue weighted by Gasteiger charge is 2.24. The molecule has 0 aliphatic rings. The molecule has 3 N–H and O–H groups in total. The topological polar surface area (TPSA) is 72.9 Å². The van der Waals surface area contributed by atoms with Crippen LogP contribution in [0.25, 0.3) is 10.9 Å². The molecular formula is C22H27FN4O. The molecular weight excluding hydrogens is 355 g/mol. The van der Waals surface area contributed by atoms with Crippen molar-refractivity contribution in [3.8, 4) is 0 Å². The molecule has 3 aromatic rings. The Morgan fingerprint density at radius 2 is 1.96 bits per heavy atom. The number of nitrogens with one attached hydrogen (secondary N) is 1. The Labute approximate surface area is 164 Å². The van der Waals surface area contributed by atoms with Gasteiger partial charge in [-0.05, 0) is 43.0 Å². The van der Waals surface area contributed by atoms with Crippen LogP contribution in [0.1, 0.15) is 44.4 Å². The summed E-state index contributed by atoms with van der Waals surface area (Å²) in [5.41, 5.74) is 8.84. The number of aromatic nitrogens is 2. The van der Waals surface area contributed by atoms with Gasteiger partial charge in [0.25, 0.3) is 0 Å². The van der Waals surface area contributed by atoms with Crippen molar-refractivity contribution < 1.29 is 9.18 Å². The SMILES string of the molecule is CCn1cc([C@@H](NC(=O)[C@@H](N)CC(C)C)c2ccc(F)cc2)c2ccncc21. The summed E-state index contributed by atoms with van der Waals surface area (Å²) in [6, 6.07) is 7.13. The highest BCUT2D eigenvalue weighted by Crippen LogP contribution is 2.31. The molecule has 0 aliphatic heterocycles. The summed E-state index contributed by atoms with van der Waals surface area (Å²) < 4.78 is 15.6. The Morgan fingerprint density at radius 1 is 1.25 bits per heavy atom. The van der Waals surface area contributed by atoms with Gasteiger partial charge >= 0.3 is 0 Å². The van der Waals surface area contributed by atoms with Crippen LogP contribution in [-0.4, -0.2) is 21.5 Å². The predicted molar refractivity (Wildman–Crippen MR) is 109 cm³/mol. The number of hydrogen-bond donors (Lipinski definition) is 2. The molecule has 0 radical (unpaired) electrons. The fourth-order valence-electron chi connectivity index (χ4n) is 3.52. The lowest BCUT2D eigenvalue weighted by molar-refractivity contribution is -0.123. The first kappa shape index (κ1) is 20.0. The predicted octanol–water partition coefficient (Wildman–Crippen LogP) is 3.77. The van der Waals surface area contributed by atoms with Crippen molar-refractivity contribution in [2.24, 2.45) is 11.7 Å². The van der Waals surface area contributed by atoms with Crippen LogP contribution in [0.2, 0.25) is 0 Å². The van der Waals surface area contributed by atoms with Crippen molar-refractivity contribution in [2.75, 3.05) is 0 Å². The van der Waals surface area contributed by atoms with Crippen LogP contribution >= 0.6 is 0 Å². The van der Waals surface area contributed by atoms with Gasteiger partial charge in [0.2, 0.25) is 5.91 Å². The second-order valence-electron chi connectivity index (χ2n) is 7.49. The Bertz CT molecular complexity index is 949. The van der Waals surface area contributed by atoms with Gasteiger partial charge in [0, 0.05) is 29.9 Å². The van der Waals surface area contributed by atoms with Crippen molar-refractivity contribution in [2.45, 2.75) is 45.8 Å². The van der Waals surface area contributed by atoms with Crippen LogP contribution in [0.3, 0.4) is 0 Å². The highest BCUT2D eigenvalue weighted by atomic mass is 19.1. The molecule has 0 spiro atoms. The summed E-state index contributed by atoms with van der Waals surface area (Å²) in [6.07, 6.45) is 6.17. The van der Waals surface area contributed by atoms with E-state index in [0.29, 0.717) is 12.3 Å². The molecule has 0 fully saturated rings. The summed E-state index contributed by atoms with van der Waals surface area (Å²) in [6.45, 7) is 6.90. The Morgan fingerprint density at radius 3 is 2.61 bits per heavy atom. The number of halogens is 1. The number of carbonyl (C=O) groups excluding carboxylic acids is 1. The average Bonchev–Trinajstić information content (AvgIpc) is 3.05. The van der Waals surface area contributed by atoms with E-state index in [9.17, 15) is 9.18 Å². The molecule has 2 aromatic heterocycles. The van der Waals surface area contributed by atoms with Gasteiger partial charge < -0.3 is 15.6 Å². The maximum absolute atomic E-state index is 13.5. The number of carbonyl (C=O) groups is 1. The molecule has 148 valence electrons. The minimum Gasteiger partial charge on any atom is -0.346 e. The number of rotatable bonds is 7. The molecule has 0 saturated heterocycles. The van der Waals surface area contributed by atoms with Gasteiger partial charge in [-0.25, -0.2) is 4.39 Å². The first-order chi connectivity index (χ1) is 13.4. The molecule has 1 aromatic carbocycles. The van der Waals surface area contributed by atoms with Crippen LogP contribution in [0.4, 0.5) is 4.39 Å². The molecule has 3 rings (SSSR count). The molecule has 28 heavy (non-hydrogen) atoms. The fraction of sp³-hybridized carbons (Fsp3) is 0.364. The minimum absolute atomic E-state index is 0.213. The van der Waals surface area contributed by atoms with E-state index in [2.05, 4.69) is 21.8 Å². The van der Waals surface area contributed by atoms with Gasteiger partial charge in [-0.1, -0.05) is 26.0 Å². The van der Waals surface area contributed by atoms with E-state index in [1.54, 1.807) is 18.3 Å². The number of benzene rings is 1. The zero-order valence-corrected chi connectivity index (χ0v) is 16.5. The number of aryl methyl sites for hydroxylation is 1. The van der Waals surface area contributed by atoms with Gasteiger partial charge in [-0.15, -0.1) is 0 Å². The monoisotopic (exact) mass is 382 g/mol. The van der Waals surface area contributed by atoms with Crippen LogP contribution in [0.5, 0.6) is 0 Å². The lowest BCUT2D eigenvalue weighted by Gasteiger charge is -2.22. The van der Waals surface area contributed by atoms with Gasteiger partial charge in [0.05, 0.1) is 23.8 Å². The van der Waals surface area contributed by atoms with Crippen molar-refractivity contribution in [3.05, 3.63) is 65.9 Å². The van der Waals surface area contributed by atoms with Crippen LogP contribution in [0.15, 0.2) is 48.9 Å². The number of fused-ring (bicyclic) bond motifs is 1. The van der Waals surface area contributed by atoms with E-state index >= 15 is 0 Å². The first-order valence-corrected chi connectivity index (χ1v) is 9.64. The van der Waals surface area contributed by atoms with E-state index in [0.717, 1.165) is 28.6 Å². The van der Waals surface area contributed by atoms with Gasteiger partial charge in [0.1, 0.15) is 5.82 Å². The molecule has 0 unspecified atom stereocenters. The average molecular weight is 382 g/mol. The number of pyridine rings is 1. The third-order valence-corrected chi connectivity index (χ3v) is 4.92. The smallest absolute Gasteiger partial charge is 0.237 e. The Hall–Kier alpha value is -2.73. The van der Waals surface area contributed by atoms with Crippen molar-refractivity contribution in [3.63, 3.8) is 0 Å². The molecule has 1 amide bonds. The summed E-state index contributed by atoms with van der Waals surface area (Å²) in [4.78, 5) is 17.0.